The minimum Gasteiger partial charge on any atom is -0.456 e. The Balaban J connectivity index is 1.32. The van der Waals surface area contributed by atoms with Crippen molar-refractivity contribution in [1.29, 1.82) is 10.5 Å². The summed E-state index contributed by atoms with van der Waals surface area (Å²) in [6.07, 6.45) is 9.15. The molecule has 7 aromatic rings. The molecule has 64 heavy (non-hydrogen) atoms. The number of pyridine rings is 1. The van der Waals surface area contributed by atoms with Gasteiger partial charge in [0.25, 0.3) is 0 Å². The number of thiazole rings is 1. The Morgan fingerprint density at radius 2 is 1.27 bits per heavy atom. The maximum absolute atomic E-state index is 14.4. The van der Waals surface area contributed by atoms with E-state index in [1.165, 1.54) is 11.3 Å². The number of halogens is 4. The molecule has 1 spiro atoms. The van der Waals surface area contributed by atoms with Crippen LogP contribution in [0.15, 0.2) is 84.9 Å². The molecule has 0 fully saturated rings. The maximum Gasteiger partial charge on any atom is 0.341 e. The van der Waals surface area contributed by atoms with Crippen LogP contribution in [0.5, 0.6) is 11.5 Å². The molecule has 2 aliphatic heterocycles. The van der Waals surface area contributed by atoms with E-state index in [4.69, 9.17) is 65.8 Å². The van der Waals surface area contributed by atoms with Crippen LogP contribution in [0.3, 0.4) is 0 Å². The van der Waals surface area contributed by atoms with Gasteiger partial charge in [0.1, 0.15) is 28.3 Å². The van der Waals surface area contributed by atoms with Crippen molar-refractivity contribution in [3.05, 3.63) is 160 Å². The zero-order valence-electron chi connectivity index (χ0n) is 35.2. The molecule has 5 aromatic carbocycles. The lowest BCUT2D eigenvalue weighted by Crippen LogP contribution is -2.34. The summed E-state index contributed by atoms with van der Waals surface area (Å²) >= 11 is 29.2. The van der Waals surface area contributed by atoms with Gasteiger partial charge in [0, 0.05) is 22.1 Å². The molecule has 2 aromatic heterocycles. The zero-order chi connectivity index (χ0) is 44.7. The van der Waals surface area contributed by atoms with Crippen LogP contribution in [0, 0.1) is 22.7 Å². The second-order valence-corrected chi connectivity index (χ2v) is 19.0. The first-order chi connectivity index (χ1) is 31.1. The second kappa shape index (κ2) is 18.4. The average molecular weight is 945 g/mol. The molecular weight excluding hydrogens is 902 g/mol. The molecule has 0 aliphatic carbocycles. The third kappa shape index (κ3) is 7.58. The highest BCUT2D eigenvalue weighted by Crippen LogP contribution is 2.62. The van der Waals surface area contributed by atoms with Gasteiger partial charge in [0.2, 0.25) is 0 Å². The molecule has 3 unspecified atom stereocenters. The summed E-state index contributed by atoms with van der Waals surface area (Å²) in [5, 5.41) is 23.5. The minimum absolute atomic E-state index is 0.0144. The number of nitrogens with zero attached hydrogens (tertiary/aromatic N) is 4. The van der Waals surface area contributed by atoms with Crippen LogP contribution in [-0.4, -0.2) is 15.9 Å². The van der Waals surface area contributed by atoms with Gasteiger partial charge in [-0.1, -0.05) is 135 Å². The van der Waals surface area contributed by atoms with E-state index in [-0.39, 0.29) is 31.2 Å². The van der Waals surface area contributed by atoms with Crippen molar-refractivity contribution < 1.29 is 14.3 Å². The van der Waals surface area contributed by atoms with Gasteiger partial charge < -0.3 is 9.47 Å². The molecular formula is C52H42Cl4N4O3S. The Hall–Kier alpha value is -5.19. The van der Waals surface area contributed by atoms with E-state index in [1.807, 2.05) is 84.9 Å². The van der Waals surface area contributed by atoms with Crippen LogP contribution >= 0.6 is 57.7 Å². The quantitative estimate of drug-likeness (QED) is 0.0462. The second-order valence-electron chi connectivity index (χ2n) is 16.5. The fourth-order valence-corrected chi connectivity index (χ4v) is 11.4. The average Bonchev–Trinajstić information content (AvgIpc) is 3.88. The van der Waals surface area contributed by atoms with Crippen LogP contribution in [0.25, 0.3) is 21.1 Å². The maximum atomic E-state index is 14.4. The van der Waals surface area contributed by atoms with Gasteiger partial charge in [0.05, 0.1) is 59.2 Å². The van der Waals surface area contributed by atoms with E-state index in [0.717, 1.165) is 94.7 Å². The summed E-state index contributed by atoms with van der Waals surface area (Å²) < 4.78 is 14.7. The summed E-state index contributed by atoms with van der Waals surface area (Å²) in [5.74, 6) is -1.54. The van der Waals surface area contributed by atoms with Crippen molar-refractivity contribution in [3.8, 4) is 23.6 Å². The highest BCUT2D eigenvalue weighted by Gasteiger charge is 2.57. The van der Waals surface area contributed by atoms with E-state index < -0.39 is 23.4 Å². The van der Waals surface area contributed by atoms with Crippen LogP contribution < -0.4 is 4.74 Å². The van der Waals surface area contributed by atoms with Gasteiger partial charge in [0.15, 0.2) is 5.60 Å². The van der Waals surface area contributed by atoms with Crippen molar-refractivity contribution in [1.82, 2.24) is 9.97 Å². The molecule has 0 saturated heterocycles. The first-order valence-electron chi connectivity index (χ1n) is 21.8. The molecule has 0 radical (unpaired) electrons. The molecule has 9 rings (SSSR count). The molecule has 0 saturated carbocycles. The summed E-state index contributed by atoms with van der Waals surface area (Å²) in [6.45, 7) is 4.33. The number of rotatable bonds is 14. The molecule has 322 valence electrons. The Labute approximate surface area is 396 Å². The van der Waals surface area contributed by atoms with Crippen LogP contribution in [0.2, 0.25) is 20.1 Å². The summed E-state index contributed by atoms with van der Waals surface area (Å²) in [4.78, 5) is 24.4. The standard InChI is InChI=1S/C52H42Cl4N4O3S/c1-3-5-7-9-16-30-23-36-41(25-32(30)34(27-57)39-22-21-29-15-11-12-18-38(29)59-39)62-42-26-33(35(28-58)50-60-40-19-13-14-20-43(40)64-50)31(17-10-8-6-4-2)24-37(42)52(36)45-44(51(61)63-52)46(53)48(55)49(56)47(45)54/h11-15,18-26,34-35H,3-10,16-17H2,1-2H3. The summed E-state index contributed by atoms with van der Waals surface area (Å²) in [5.41, 5.74) is 5.01. The Morgan fingerprint density at radius 3 is 1.89 bits per heavy atom. The van der Waals surface area contributed by atoms with Crippen molar-refractivity contribution in [2.75, 3.05) is 0 Å². The zero-order valence-corrected chi connectivity index (χ0v) is 39.1. The monoisotopic (exact) mass is 942 g/mol. The van der Waals surface area contributed by atoms with Crippen molar-refractivity contribution in [3.63, 3.8) is 0 Å². The normalized spacial score (nSPS) is 15.8. The van der Waals surface area contributed by atoms with Crippen LogP contribution in [0.4, 0.5) is 0 Å². The molecule has 0 N–H and O–H groups in total. The molecule has 7 nitrogen and oxygen atoms in total. The number of ether oxygens (including phenoxy) is 2. The number of aryl methyl sites for hydroxylation is 2. The van der Waals surface area contributed by atoms with E-state index in [1.54, 1.807) is 0 Å². The fourth-order valence-electron chi connectivity index (χ4n) is 9.30. The molecule has 4 heterocycles. The predicted molar refractivity (Wildman–Crippen MR) is 257 cm³/mol. The lowest BCUT2D eigenvalue weighted by atomic mass is 9.74. The number of esters is 1. The SMILES string of the molecule is CCCCCCc1cc2c(cc1C(C#N)c1ccc3ccccc3n1)Oc1cc(C(C#N)c3nc4ccccc4s3)c(CCCCCC)cc1C21OC(=O)c2c(Cl)c(Cl)c(Cl)c(Cl)c21. The smallest absolute Gasteiger partial charge is 0.341 e. The van der Waals surface area contributed by atoms with Gasteiger partial charge in [-0.25, -0.2) is 9.78 Å². The minimum atomic E-state index is -1.71. The largest absolute Gasteiger partial charge is 0.456 e. The van der Waals surface area contributed by atoms with E-state index in [2.05, 4.69) is 26.0 Å². The van der Waals surface area contributed by atoms with Gasteiger partial charge in [-0.2, -0.15) is 10.5 Å². The number of benzene rings is 5. The first-order valence-corrected chi connectivity index (χ1v) is 24.1. The van der Waals surface area contributed by atoms with Crippen molar-refractivity contribution in [2.24, 2.45) is 0 Å². The van der Waals surface area contributed by atoms with Crippen molar-refractivity contribution >= 4 is 84.8 Å². The number of unbranched alkanes of at least 4 members (excludes halogenated alkanes) is 6. The number of para-hydroxylation sites is 2. The third-order valence-electron chi connectivity index (χ3n) is 12.5. The van der Waals surface area contributed by atoms with Gasteiger partial charge >= 0.3 is 5.97 Å². The summed E-state index contributed by atoms with van der Waals surface area (Å²) in [7, 11) is 0. The number of hydrogen-bond donors (Lipinski definition) is 0. The lowest BCUT2D eigenvalue weighted by Gasteiger charge is -2.38. The van der Waals surface area contributed by atoms with E-state index in [9.17, 15) is 15.3 Å². The number of fused-ring (bicyclic) bond motifs is 8. The number of carbonyl (C=O) groups excluding carboxylic acids is 1. The lowest BCUT2D eigenvalue weighted by molar-refractivity contribution is 0.0224. The molecule has 12 heteroatoms. The van der Waals surface area contributed by atoms with E-state index in [0.29, 0.717) is 46.2 Å². The molecule has 0 bridgehead atoms. The van der Waals surface area contributed by atoms with Crippen LogP contribution in [-0.2, 0) is 23.2 Å². The van der Waals surface area contributed by atoms with Gasteiger partial charge in [-0.05, 0) is 96.5 Å². The highest BCUT2D eigenvalue weighted by molar-refractivity contribution is 7.18. The number of hydrogen-bond acceptors (Lipinski definition) is 8. The molecule has 0 amide bonds. The Morgan fingerprint density at radius 1 is 0.672 bits per heavy atom. The number of nitriles is 2. The predicted octanol–water partition coefficient (Wildman–Crippen LogP) is 15.6. The Kier molecular flexibility index (Phi) is 12.6. The molecule has 2 aliphatic rings. The third-order valence-corrected chi connectivity index (χ3v) is 15.4. The van der Waals surface area contributed by atoms with Gasteiger partial charge in [-0.3, -0.25) is 4.98 Å². The van der Waals surface area contributed by atoms with Crippen molar-refractivity contribution in [2.45, 2.75) is 95.5 Å². The van der Waals surface area contributed by atoms with Gasteiger partial charge in [-0.15, -0.1) is 11.3 Å². The topological polar surface area (TPSA) is 109 Å². The number of aromatic nitrogens is 2. The summed E-state index contributed by atoms with van der Waals surface area (Å²) in [6, 6.07) is 32.4. The van der Waals surface area contributed by atoms with Crippen LogP contribution in [0.1, 0.15) is 137 Å². The highest BCUT2D eigenvalue weighted by atomic mass is 35.5. The first kappa shape index (κ1) is 44.0. The number of carbonyl (C=O) groups is 1. The van der Waals surface area contributed by atoms with E-state index >= 15 is 0 Å². The molecule has 3 atom stereocenters. The Bertz CT molecular complexity index is 3050. The fraction of sp³-hybridized carbons (Fsp3) is 0.288.